The number of piperidine rings is 2. The maximum Gasteiger partial charge on any atom is 0.317 e. The Morgan fingerprint density at radius 3 is 1.44 bits per heavy atom. The number of benzene rings is 2. The Balaban J connectivity index is 1.10. The summed E-state index contributed by atoms with van der Waals surface area (Å²) in [5.74, 6) is 1.61. The Morgan fingerprint density at radius 2 is 1.12 bits per heavy atom. The number of Topliss-reactive ketones (excluding diaryl/α,β-unsaturated/α-hetero) is 1. The van der Waals surface area contributed by atoms with E-state index in [-0.39, 0.29) is 44.0 Å². The molecule has 2 aromatic heterocycles. The van der Waals surface area contributed by atoms with Crippen molar-refractivity contribution in [1.29, 1.82) is 0 Å². The predicted molar refractivity (Wildman–Crippen MR) is 212 cm³/mol. The van der Waals surface area contributed by atoms with Crippen molar-refractivity contribution in [3.8, 4) is 11.5 Å². The molecule has 0 aliphatic carbocycles. The lowest BCUT2D eigenvalue weighted by atomic mass is 9.64. The zero-order chi connectivity index (χ0) is 37.4. The molecule has 0 spiro atoms. The van der Waals surface area contributed by atoms with Gasteiger partial charge in [-0.15, -0.1) is 0 Å². The number of ketones is 1. The summed E-state index contributed by atoms with van der Waals surface area (Å²) in [4.78, 5) is 44.6. The number of ether oxygens (including phenoxy) is 2. The largest absolute Gasteiger partial charge is 0.496 e. The number of rotatable bonds is 10. The minimum absolute atomic E-state index is 0.0842. The van der Waals surface area contributed by atoms with E-state index in [1.807, 2.05) is 86.1 Å². The molecule has 0 unspecified atom stereocenters. The van der Waals surface area contributed by atoms with Gasteiger partial charge in [-0.2, -0.15) is 10.2 Å². The number of hydrogen-bond acceptors (Lipinski definition) is 7. The van der Waals surface area contributed by atoms with Crippen LogP contribution in [0.3, 0.4) is 0 Å². The first-order chi connectivity index (χ1) is 24.7. The standard InChI is InChI=1S/C37H44I2N8O5/c1-23-25(7-9-31(51-5)29(23)17-46-15-27(38)13-42-46)11-40-34(49)44-19-36(3)21-45(22-37(4,20-44)33(36)48)35(50)41-12-26-8-10-32(52-6)30(24(26)2)18-47-16-28(39)14-43-47/h7-10,13-16H,11-12,17-22H2,1-6H3,(H,40,49)(H,41,50). The molecule has 2 saturated heterocycles. The van der Waals surface area contributed by atoms with Crippen molar-refractivity contribution in [2.75, 3.05) is 40.4 Å². The fraction of sp³-hybridized carbons (Fsp3) is 0.432. The quantitative estimate of drug-likeness (QED) is 0.205. The smallest absolute Gasteiger partial charge is 0.317 e. The third kappa shape index (κ3) is 7.75. The van der Waals surface area contributed by atoms with E-state index in [1.54, 1.807) is 24.0 Å². The van der Waals surface area contributed by atoms with Crippen LogP contribution < -0.4 is 20.1 Å². The number of likely N-dealkylation sites (tertiary alicyclic amines) is 2. The van der Waals surface area contributed by atoms with E-state index in [0.717, 1.165) is 52.0 Å². The molecular formula is C37H44I2N8O5. The van der Waals surface area contributed by atoms with Crippen molar-refractivity contribution in [2.45, 2.75) is 53.9 Å². The Bertz CT molecular complexity index is 1860. The molecule has 4 heterocycles. The highest BCUT2D eigenvalue weighted by Crippen LogP contribution is 2.42. The van der Waals surface area contributed by atoms with Gasteiger partial charge in [0.05, 0.1) is 57.7 Å². The molecule has 52 heavy (non-hydrogen) atoms. The van der Waals surface area contributed by atoms with Crippen LogP contribution in [-0.4, -0.2) is 87.6 Å². The molecule has 2 bridgehead atoms. The number of amides is 4. The topological polar surface area (TPSA) is 136 Å². The molecule has 4 aromatic rings. The molecule has 6 rings (SSSR count). The van der Waals surface area contributed by atoms with Crippen LogP contribution in [0.2, 0.25) is 0 Å². The van der Waals surface area contributed by atoms with Gasteiger partial charge in [-0.3, -0.25) is 14.2 Å². The monoisotopic (exact) mass is 934 g/mol. The van der Waals surface area contributed by atoms with Gasteiger partial charge in [0.2, 0.25) is 0 Å². The van der Waals surface area contributed by atoms with E-state index in [9.17, 15) is 14.4 Å². The molecule has 13 nitrogen and oxygen atoms in total. The van der Waals surface area contributed by atoms with E-state index in [0.29, 0.717) is 26.2 Å². The lowest BCUT2D eigenvalue weighted by molar-refractivity contribution is -0.152. The second kappa shape index (κ2) is 15.2. The van der Waals surface area contributed by atoms with Crippen LogP contribution >= 0.6 is 45.2 Å². The van der Waals surface area contributed by atoms with Gasteiger partial charge in [-0.1, -0.05) is 12.1 Å². The molecule has 2 fully saturated rings. The van der Waals surface area contributed by atoms with Crippen LogP contribution in [0.1, 0.15) is 47.2 Å². The van der Waals surface area contributed by atoms with E-state index in [1.165, 1.54) is 0 Å². The maximum atomic E-state index is 13.8. The molecule has 0 radical (unpaired) electrons. The average Bonchev–Trinajstić information content (AvgIpc) is 3.72. The third-order valence-electron chi connectivity index (χ3n) is 10.3. The lowest BCUT2D eigenvalue weighted by Gasteiger charge is -2.54. The molecule has 2 N–H and O–H groups in total. The van der Waals surface area contributed by atoms with Gasteiger partial charge in [0.1, 0.15) is 11.5 Å². The maximum absolute atomic E-state index is 13.8. The van der Waals surface area contributed by atoms with Crippen molar-refractivity contribution >= 4 is 63.0 Å². The zero-order valence-electron chi connectivity index (χ0n) is 30.3. The number of fused-ring (bicyclic) bond motifs is 2. The molecule has 0 atom stereocenters. The predicted octanol–water partition coefficient (Wildman–Crippen LogP) is 5.35. The van der Waals surface area contributed by atoms with E-state index >= 15 is 0 Å². The summed E-state index contributed by atoms with van der Waals surface area (Å²) in [6.07, 6.45) is 7.55. The Labute approximate surface area is 331 Å². The first-order valence-corrected chi connectivity index (χ1v) is 19.2. The van der Waals surface area contributed by atoms with Crippen LogP contribution in [0, 0.1) is 31.8 Å². The second-order valence-corrected chi connectivity index (χ2v) is 16.7. The van der Waals surface area contributed by atoms with Gasteiger partial charge in [-0.25, -0.2) is 9.59 Å². The fourth-order valence-electron chi connectivity index (χ4n) is 7.66. The number of carbonyl (C=O) groups excluding carboxylic acids is 3. The van der Waals surface area contributed by atoms with E-state index in [4.69, 9.17) is 9.47 Å². The summed E-state index contributed by atoms with van der Waals surface area (Å²) < 4.78 is 17.1. The SMILES string of the molecule is COc1ccc(CNC(=O)N2CC3(C)CN(C(=O)NCc4ccc(OC)c(Cn5cc(I)cn5)c4C)CC(C)(C2)C3=O)c(C)c1Cn1cc(I)cn1. The Morgan fingerprint density at radius 1 is 0.731 bits per heavy atom. The summed E-state index contributed by atoms with van der Waals surface area (Å²) >= 11 is 4.46. The minimum Gasteiger partial charge on any atom is -0.496 e. The third-order valence-corrected chi connectivity index (χ3v) is 11.4. The number of carbonyl (C=O) groups is 3. The van der Waals surface area contributed by atoms with Crippen molar-refractivity contribution in [2.24, 2.45) is 10.8 Å². The zero-order valence-corrected chi connectivity index (χ0v) is 34.6. The van der Waals surface area contributed by atoms with Gasteiger partial charge in [0.25, 0.3) is 0 Å². The number of urea groups is 2. The molecule has 276 valence electrons. The number of halogens is 2. The lowest BCUT2D eigenvalue weighted by Crippen LogP contribution is -2.70. The number of aromatic nitrogens is 4. The number of hydrogen-bond donors (Lipinski definition) is 2. The van der Waals surface area contributed by atoms with Crippen LogP contribution in [0.15, 0.2) is 49.1 Å². The molecule has 2 aliphatic heterocycles. The van der Waals surface area contributed by atoms with Crippen molar-refractivity contribution < 1.29 is 23.9 Å². The Kier molecular flexibility index (Phi) is 11.1. The normalized spacial score (nSPS) is 19.8. The van der Waals surface area contributed by atoms with Crippen LogP contribution in [-0.2, 0) is 31.0 Å². The minimum atomic E-state index is -0.908. The summed E-state index contributed by atoms with van der Waals surface area (Å²) in [5.41, 5.74) is 4.15. The summed E-state index contributed by atoms with van der Waals surface area (Å²) in [7, 11) is 3.30. The van der Waals surface area contributed by atoms with Crippen molar-refractivity contribution in [3.63, 3.8) is 0 Å². The van der Waals surface area contributed by atoms with E-state index in [2.05, 4.69) is 66.0 Å². The first kappa shape index (κ1) is 37.9. The fourth-order valence-corrected chi connectivity index (χ4v) is 8.55. The van der Waals surface area contributed by atoms with Crippen molar-refractivity contribution in [1.82, 2.24) is 40.0 Å². The van der Waals surface area contributed by atoms with Gasteiger partial charge < -0.3 is 29.9 Å². The molecule has 15 heteroatoms. The van der Waals surface area contributed by atoms with Crippen molar-refractivity contribution in [3.05, 3.63) is 89.6 Å². The van der Waals surface area contributed by atoms with Gasteiger partial charge in [0.15, 0.2) is 5.78 Å². The average molecular weight is 935 g/mol. The van der Waals surface area contributed by atoms with Gasteiger partial charge >= 0.3 is 12.1 Å². The number of methoxy groups -OCH3 is 2. The molecule has 2 aromatic carbocycles. The second-order valence-electron chi connectivity index (χ2n) is 14.3. The van der Waals surface area contributed by atoms with Gasteiger partial charge in [-0.05, 0) is 107 Å². The highest BCUT2D eigenvalue weighted by Gasteiger charge is 2.57. The summed E-state index contributed by atoms with van der Waals surface area (Å²) in [5, 5.41) is 15.0. The molecular weight excluding hydrogens is 890 g/mol. The first-order valence-electron chi connectivity index (χ1n) is 17.0. The summed E-state index contributed by atoms with van der Waals surface area (Å²) in [6.45, 7) is 10.4. The van der Waals surface area contributed by atoms with Crippen LogP contribution in [0.5, 0.6) is 11.5 Å². The highest BCUT2D eigenvalue weighted by molar-refractivity contribution is 14.1. The van der Waals surface area contributed by atoms with Crippen LogP contribution in [0.4, 0.5) is 9.59 Å². The highest BCUT2D eigenvalue weighted by atomic mass is 127. The molecule has 0 saturated carbocycles. The molecule has 2 aliphatic rings. The van der Waals surface area contributed by atoms with Crippen LogP contribution in [0.25, 0.3) is 0 Å². The number of nitrogens with one attached hydrogen (secondary N) is 2. The Hall–Kier alpha value is -3.87. The number of nitrogens with zero attached hydrogens (tertiary/aromatic N) is 6. The van der Waals surface area contributed by atoms with Gasteiger partial charge in [0, 0.05) is 62.8 Å². The van der Waals surface area contributed by atoms with E-state index < -0.39 is 10.8 Å². The molecule has 4 amide bonds. The summed E-state index contributed by atoms with van der Waals surface area (Å²) in [6, 6.07) is 7.29.